The molecule has 1 aliphatic carbocycles. The summed E-state index contributed by atoms with van der Waals surface area (Å²) in [5, 5.41) is 10.0. The van der Waals surface area contributed by atoms with Crippen LogP contribution in [0.15, 0.2) is 0 Å². The lowest BCUT2D eigenvalue weighted by atomic mass is 9.87. The molecular weight excluding hydrogens is 228 g/mol. The van der Waals surface area contributed by atoms with Crippen LogP contribution < -0.4 is 0 Å². The molecule has 1 saturated heterocycles. The highest BCUT2D eigenvalue weighted by Crippen LogP contribution is 2.43. The molecule has 0 aromatic heterocycles. The van der Waals surface area contributed by atoms with Crippen molar-refractivity contribution >= 4 is 5.97 Å². The van der Waals surface area contributed by atoms with E-state index in [1.54, 1.807) is 0 Å². The second-order valence-electron chi connectivity index (χ2n) is 5.92. The fourth-order valence-corrected chi connectivity index (χ4v) is 3.54. The molecule has 1 unspecified atom stereocenters. The largest absolute Gasteiger partial charge is 0.462 e. The summed E-state index contributed by atoms with van der Waals surface area (Å²) in [5.41, 5.74) is 0. The number of esters is 1. The van der Waals surface area contributed by atoms with E-state index in [2.05, 4.69) is 6.92 Å². The van der Waals surface area contributed by atoms with Crippen molar-refractivity contribution in [2.24, 2.45) is 11.8 Å². The zero-order valence-electron chi connectivity index (χ0n) is 11.4. The number of aliphatic hydroxyl groups is 1. The molecule has 0 radical (unpaired) electrons. The summed E-state index contributed by atoms with van der Waals surface area (Å²) in [6.07, 6.45) is 9.71. The lowest BCUT2D eigenvalue weighted by Gasteiger charge is -2.18. The van der Waals surface area contributed by atoms with Gasteiger partial charge in [-0.25, -0.2) is 0 Å². The zero-order chi connectivity index (χ0) is 13.0. The lowest BCUT2D eigenvalue weighted by molar-refractivity contribution is -0.141. The number of rotatable bonds is 7. The average Bonchev–Trinajstić information content (AvgIpc) is 2.80. The SMILES string of the molecule is CCCCCCCCC1[C@H](O)C[C@@H]2OC(=O)C[C@H]12. The summed E-state index contributed by atoms with van der Waals surface area (Å²) in [4.78, 5) is 11.3. The van der Waals surface area contributed by atoms with E-state index in [4.69, 9.17) is 4.74 Å². The highest BCUT2D eigenvalue weighted by atomic mass is 16.6. The van der Waals surface area contributed by atoms with Crippen LogP contribution >= 0.6 is 0 Å². The predicted molar refractivity (Wildman–Crippen MR) is 70.1 cm³/mol. The van der Waals surface area contributed by atoms with Crippen LogP contribution in [-0.4, -0.2) is 23.3 Å². The van der Waals surface area contributed by atoms with E-state index in [-0.39, 0.29) is 18.2 Å². The average molecular weight is 254 g/mol. The number of aliphatic hydroxyl groups excluding tert-OH is 1. The van der Waals surface area contributed by atoms with Gasteiger partial charge in [-0.3, -0.25) is 4.79 Å². The van der Waals surface area contributed by atoms with Gasteiger partial charge in [-0.1, -0.05) is 45.4 Å². The molecule has 1 aliphatic heterocycles. The quantitative estimate of drug-likeness (QED) is 0.561. The molecule has 1 heterocycles. The summed E-state index contributed by atoms with van der Waals surface area (Å²) < 4.78 is 5.25. The third kappa shape index (κ3) is 3.25. The molecule has 3 heteroatoms. The van der Waals surface area contributed by atoms with Crippen LogP contribution in [0.3, 0.4) is 0 Å². The van der Waals surface area contributed by atoms with Gasteiger partial charge >= 0.3 is 5.97 Å². The van der Waals surface area contributed by atoms with Gasteiger partial charge in [-0.2, -0.15) is 0 Å². The molecule has 0 aromatic rings. The summed E-state index contributed by atoms with van der Waals surface area (Å²) in [6.45, 7) is 2.23. The minimum absolute atomic E-state index is 0.0117. The highest BCUT2D eigenvalue weighted by molar-refractivity contribution is 5.72. The van der Waals surface area contributed by atoms with E-state index in [0.717, 1.165) is 6.42 Å². The smallest absolute Gasteiger partial charge is 0.306 e. The molecular formula is C15H26O3. The van der Waals surface area contributed by atoms with Crippen molar-refractivity contribution < 1.29 is 14.6 Å². The van der Waals surface area contributed by atoms with Gasteiger partial charge in [0.05, 0.1) is 12.5 Å². The van der Waals surface area contributed by atoms with Crippen LogP contribution in [0.4, 0.5) is 0 Å². The monoisotopic (exact) mass is 254 g/mol. The predicted octanol–water partition coefficient (Wildman–Crippen LogP) is 3.05. The van der Waals surface area contributed by atoms with Crippen LogP contribution in [0.2, 0.25) is 0 Å². The fourth-order valence-electron chi connectivity index (χ4n) is 3.54. The van der Waals surface area contributed by atoms with E-state index < -0.39 is 0 Å². The standard InChI is InChI=1S/C15H26O3/c1-2-3-4-5-6-7-8-11-12-9-15(17)18-14(12)10-13(11)16/h11-14,16H,2-10H2,1H3/t11?,12-,13-,14+/m1/s1. The van der Waals surface area contributed by atoms with Gasteiger partial charge in [0.2, 0.25) is 0 Å². The summed E-state index contributed by atoms with van der Waals surface area (Å²) in [5.74, 6) is 0.528. The van der Waals surface area contributed by atoms with Crippen LogP contribution in [0, 0.1) is 11.8 Å². The Morgan fingerprint density at radius 2 is 1.94 bits per heavy atom. The van der Waals surface area contributed by atoms with Crippen molar-refractivity contribution in [2.75, 3.05) is 0 Å². The van der Waals surface area contributed by atoms with Crippen molar-refractivity contribution in [3.63, 3.8) is 0 Å². The zero-order valence-corrected chi connectivity index (χ0v) is 11.4. The molecule has 2 rings (SSSR count). The minimum Gasteiger partial charge on any atom is -0.462 e. The van der Waals surface area contributed by atoms with Gasteiger partial charge in [-0.05, 0) is 12.3 Å². The molecule has 3 nitrogen and oxygen atoms in total. The Morgan fingerprint density at radius 3 is 2.72 bits per heavy atom. The van der Waals surface area contributed by atoms with Crippen molar-refractivity contribution in [3.8, 4) is 0 Å². The first-order chi connectivity index (χ1) is 8.72. The first-order valence-corrected chi connectivity index (χ1v) is 7.60. The summed E-state index contributed by atoms with van der Waals surface area (Å²) >= 11 is 0. The molecule has 0 amide bonds. The molecule has 2 aliphatic rings. The number of carbonyl (C=O) groups is 1. The second-order valence-corrected chi connectivity index (χ2v) is 5.92. The number of ether oxygens (including phenoxy) is 1. The van der Waals surface area contributed by atoms with Gasteiger partial charge in [0.1, 0.15) is 6.10 Å². The van der Waals surface area contributed by atoms with Gasteiger partial charge in [0, 0.05) is 12.3 Å². The summed E-state index contributed by atoms with van der Waals surface area (Å²) in [6, 6.07) is 0. The van der Waals surface area contributed by atoms with Crippen LogP contribution in [0.1, 0.15) is 64.7 Å². The van der Waals surface area contributed by atoms with Crippen LogP contribution in [-0.2, 0) is 9.53 Å². The number of hydrogen-bond acceptors (Lipinski definition) is 3. The van der Waals surface area contributed by atoms with E-state index in [1.165, 1.54) is 38.5 Å². The Kier molecular flexibility index (Phi) is 5.04. The lowest BCUT2D eigenvalue weighted by Crippen LogP contribution is -2.19. The van der Waals surface area contributed by atoms with Crippen molar-refractivity contribution in [1.82, 2.24) is 0 Å². The number of fused-ring (bicyclic) bond motifs is 1. The third-order valence-electron chi connectivity index (χ3n) is 4.57. The Hall–Kier alpha value is -0.570. The molecule has 0 aromatic carbocycles. The van der Waals surface area contributed by atoms with E-state index in [0.29, 0.717) is 24.7 Å². The topological polar surface area (TPSA) is 46.5 Å². The first kappa shape index (κ1) is 13.9. The maximum absolute atomic E-state index is 11.3. The molecule has 1 N–H and O–H groups in total. The molecule has 0 bridgehead atoms. The van der Waals surface area contributed by atoms with E-state index >= 15 is 0 Å². The van der Waals surface area contributed by atoms with Gasteiger partial charge in [-0.15, -0.1) is 0 Å². The second kappa shape index (κ2) is 6.55. The Balaban J connectivity index is 1.67. The molecule has 0 spiro atoms. The number of hydrogen-bond donors (Lipinski definition) is 1. The first-order valence-electron chi connectivity index (χ1n) is 7.60. The number of carbonyl (C=O) groups excluding carboxylic acids is 1. The van der Waals surface area contributed by atoms with E-state index in [9.17, 15) is 9.90 Å². The van der Waals surface area contributed by atoms with E-state index in [1.807, 2.05) is 0 Å². The summed E-state index contributed by atoms with van der Waals surface area (Å²) in [7, 11) is 0. The molecule has 18 heavy (non-hydrogen) atoms. The highest BCUT2D eigenvalue weighted by Gasteiger charge is 2.48. The van der Waals surface area contributed by atoms with Gasteiger partial charge < -0.3 is 9.84 Å². The van der Waals surface area contributed by atoms with Crippen LogP contribution in [0.25, 0.3) is 0 Å². The van der Waals surface area contributed by atoms with Crippen molar-refractivity contribution in [2.45, 2.75) is 76.9 Å². The Morgan fingerprint density at radius 1 is 1.22 bits per heavy atom. The Bertz CT molecular complexity index is 277. The van der Waals surface area contributed by atoms with Gasteiger partial charge in [0.15, 0.2) is 0 Å². The van der Waals surface area contributed by atoms with Gasteiger partial charge in [0.25, 0.3) is 0 Å². The third-order valence-corrected chi connectivity index (χ3v) is 4.57. The van der Waals surface area contributed by atoms with Crippen LogP contribution in [0.5, 0.6) is 0 Å². The molecule has 1 saturated carbocycles. The Labute approximate surface area is 110 Å². The van der Waals surface area contributed by atoms with Crippen molar-refractivity contribution in [1.29, 1.82) is 0 Å². The maximum atomic E-state index is 11.3. The molecule has 104 valence electrons. The fraction of sp³-hybridized carbons (Fsp3) is 0.933. The minimum atomic E-state index is -0.247. The molecule has 4 atom stereocenters. The van der Waals surface area contributed by atoms with Crippen molar-refractivity contribution in [3.05, 3.63) is 0 Å². The number of unbranched alkanes of at least 4 members (excludes halogenated alkanes) is 5. The normalized spacial score (nSPS) is 34.7. The molecule has 2 fully saturated rings. The maximum Gasteiger partial charge on any atom is 0.306 e.